The number of rotatable bonds is 6. The number of hydrogen-bond donors (Lipinski definition) is 1. The fourth-order valence-electron chi connectivity index (χ4n) is 3.33. The van der Waals surface area contributed by atoms with Gasteiger partial charge < -0.3 is 14.6 Å². The number of hydrogen-bond acceptors (Lipinski definition) is 5. The van der Waals surface area contributed by atoms with Gasteiger partial charge in [0.2, 0.25) is 0 Å². The van der Waals surface area contributed by atoms with E-state index in [1.807, 2.05) is 0 Å². The number of phenols is 1. The molecule has 0 saturated carbocycles. The third-order valence-electron chi connectivity index (χ3n) is 4.80. The van der Waals surface area contributed by atoms with Crippen LogP contribution in [0.15, 0.2) is 60.7 Å². The highest BCUT2D eigenvalue weighted by molar-refractivity contribution is 6.09. The van der Waals surface area contributed by atoms with Gasteiger partial charge in [-0.1, -0.05) is 24.3 Å². The first-order valence-electron chi connectivity index (χ1n) is 10.5. The fourth-order valence-corrected chi connectivity index (χ4v) is 3.33. The third-order valence-corrected chi connectivity index (χ3v) is 4.80. The van der Waals surface area contributed by atoms with Gasteiger partial charge in [0.05, 0.1) is 7.11 Å². The van der Waals surface area contributed by atoms with Gasteiger partial charge in [-0.05, 0) is 68.3 Å². The fraction of sp³-hybridized carbons (Fsp3) is 0.231. The van der Waals surface area contributed by atoms with Crippen LogP contribution in [0.4, 0.5) is 14.5 Å². The van der Waals surface area contributed by atoms with Crippen LogP contribution in [0.3, 0.4) is 0 Å². The molecular formula is C26H25F2NO5. The number of aromatic hydroxyl groups is 1. The zero-order valence-corrected chi connectivity index (χ0v) is 19.3. The first-order chi connectivity index (χ1) is 16.0. The van der Waals surface area contributed by atoms with Crippen molar-refractivity contribution in [1.29, 1.82) is 0 Å². The highest BCUT2D eigenvalue weighted by atomic mass is 19.1. The second kappa shape index (κ2) is 9.91. The summed E-state index contributed by atoms with van der Waals surface area (Å²) in [5.74, 6) is -3.65. The molecule has 0 unspecified atom stereocenters. The van der Waals surface area contributed by atoms with Crippen LogP contribution in [0.5, 0.6) is 11.5 Å². The molecule has 0 radical (unpaired) electrons. The van der Waals surface area contributed by atoms with Crippen LogP contribution >= 0.6 is 0 Å². The van der Waals surface area contributed by atoms with Gasteiger partial charge in [0.15, 0.2) is 11.5 Å². The van der Waals surface area contributed by atoms with Crippen molar-refractivity contribution >= 4 is 17.6 Å². The first-order valence-corrected chi connectivity index (χ1v) is 10.5. The summed E-state index contributed by atoms with van der Waals surface area (Å²) in [5, 5.41) is 9.87. The summed E-state index contributed by atoms with van der Waals surface area (Å²) >= 11 is 0. The van der Waals surface area contributed by atoms with Crippen molar-refractivity contribution in [3.05, 3.63) is 77.9 Å². The average molecular weight is 469 g/mol. The molecule has 0 bridgehead atoms. The van der Waals surface area contributed by atoms with Crippen LogP contribution in [0.25, 0.3) is 11.1 Å². The molecule has 178 valence electrons. The number of methoxy groups -OCH3 is 1. The topological polar surface area (TPSA) is 76.1 Å². The number of benzene rings is 3. The number of carbonyl (C=O) groups is 2. The quantitative estimate of drug-likeness (QED) is 0.494. The molecule has 0 spiro atoms. The summed E-state index contributed by atoms with van der Waals surface area (Å²) in [4.78, 5) is 26.8. The molecule has 0 atom stereocenters. The first kappa shape index (κ1) is 24.7. The predicted octanol–water partition coefficient (Wildman–Crippen LogP) is 5.33. The standard InChI is InChI=1S/C26H25F2NO5/c1-26(2,3)34-23(31)15-29(25(32)24-19(27)9-6-10-20(24)28)18-8-5-7-16(13-18)17-11-12-21(30)22(14-17)33-4/h5-14,30H,15H2,1-4H3. The normalized spacial score (nSPS) is 11.1. The van der Waals surface area contributed by atoms with Gasteiger partial charge in [0.25, 0.3) is 5.91 Å². The van der Waals surface area contributed by atoms with Crippen LogP contribution in [0.2, 0.25) is 0 Å². The van der Waals surface area contributed by atoms with E-state index in [9.17, 15) is 23.5 Å². The molecule has 3 aromatic carbocycles. The molecule has 3 rings (SSSR count). The lowest BCUT2D eigenvalue weighted by Gasteiger charge is -2.26. The molecule has 0 fully saturated rings. The third kappa shape index (κ3) is 5.70. The van der Waals surface area contributed by atoms with Crippen molar-refractivity contribution in [2.45, 2.75) is 26.4 Å². The Morgan fingerprint density at radius 1 is 0.941 bits per heavy atom. The van der Waals surface area contributed by atoms with Gasteiger partial charge in [-0.25, -0.2) is 8.78 Å². The number of nitrogens with zero attached hydrogens (tertiary/aromatic N) is 1. The van der Waals surface area contributed by atoms with E-state index in [0.717, 1.165) is 23.1 Å². The minimum absolute atomic E-state index is 0.0424. The van der Waals surface area contributed by atoms with E-state index in [2.05, 4.69) is 0 Å². The maximum atomic E-state index is 14.4. The lowest BCUT2D eigenvalue weighted by atomic mass is 10.0. The summed E-state index contributed by atoms with van der Waals surface area (Å²) < 4.78 is 39.3. The van der Waals surface area contributed by atoms with Crippen LogP contribution < -0.4 is 9.64 Å². The van der Waals surface area contributed by atoms with Crippen molar-refractivity contribution in [1.82, 2.24) is 0 Å². The molecule has 34 heavy (non-hydrogen) atoms. The minimum Gasteiger partial charge on any atom is -0.504 e. The number of esters is 1. The molecule has 0 aliphatic heterocycles. The highest BCUT2D eigenvalue weighted by Crippen LogP contribution is 2.33. The number of halogens is 2. The highest BCUT2D eigenvalue weighted by Gasteiger charge is 2.28. The molecule has 0 aromatic heterocycles. The van der Waals surface area contributed by atoms with Gasteiger partial charge in [0, 0.05) is 5.69 Å². The Balaban J connectivity index is 2.07. The lowest BCUT2D eigenvalue weighted by molar-refractivity contribution is -0.152. The number of carbonyl (C=O) groups excluding carboxylic acids is 2. The largest absolute Gasteiger partial charge is 0.504 e. The number of phenolic OH excluding ortho intramolecular Hbond substituents is 1. The van der Waals surface area contributed by atoms with E-state index < -0.39 is 41.2 Å². The van der Waals surface area contributed by atoms with Crippen molar-refractivity contribution in [2.24, 2.45) is 0 Å². The van der Waals surface area contributed by atoms with E-state index in [1.165, 1.54) is 13.2 Å². The van der Waals surface area contributed by atoms with Crippen LogP contribution in [-0.4, -0.2) is 36.2 Å². The van der Waals surface area contributed by atoms with Gasteiger partial charge >= 0.3 is 5.97 Å². The molecule has 0 saturated heterocycles. The molecule has 3 aromatic rings. The number of ether oxygens (including phenoxy) is 2. The van der Waals surface area contributed by atoms with E-state index >= 15 is 0 Å². The second-order valence-electron chi connectivity index (χ2n) is 8.51. The van der Waals surface area contributed by atoms with Crippen molar-refractivity contribution in [2.75, 3.05) is 18.6 Å². The Morgan fingerprint density at radius 2 is 1.56 bits per heavy atom. The van der Waals surface area contributed by atoms with Crippen LogP contribution in [-0.2, 0) is 9.53 Å². The summed E-state index contributed by atoms with van der Waals surface area (Å²) in [7, 11) is 1.42. The van der Waals surface area contributed by atoms with Crippen molar-refractivity contribution < 1.29 is 33.0 Å². The molecule has 0 heterocycles. The van der Waals surface area contributed by atoms with Crippen molar-refractivity contribution in [3.63, 3.8) is 0 Å². The zero-order chi connectivity index (χ0) is 25.0. The van der Waals surface area contributed by atoms with Gasteiger partial charge in [0.1, 0.15) is 29.3 Å². The summed E-state index contributed by atoms with van der Waals surface area (Å²) in [6.07, 6.45) is 0. The molecule has 6 nitrogen and oxygen atoms in total. The molecule has 1 amide bonds. The zero-order valence-electron chi connectivity index (χ0n) is 19.3. The van der Waals surface area contributed by atoms with Gasteiger partial charge in [-0.15, -0.1) is 0 Å². The molecule has 0 aliphatic carbocycles. The Bertz CT molecular complexity index is 1200. The van der Waals surface area contributed by atoms with Gasteiger partial charge in [-0.3, -0.25) is 14.5 Å². The van der Waals surface area contributed by atoms with Crippen LogP contribution in [0, 0.1) is 11.6 Å². The molecule has 0 aliphatic rings. The number of anilines is 1. The van der Waals surface area contributed by atoms with E-state index in [-0.39, 0.29) is 17.2 Å². The molecule has 8 heteroatoms. The Morgan fingerprint density at radius 3 is 2.18 bits per heavy atom. The second-order valence-corrected chi connectivity index (χ2v) is 8.51. The maximum absolute atomic E-state index is 14.4. The van der Waals surface area contributed by atoms with E-state index in [0.29, 0.717) is 11.1 Å². The Kier molecular flexibility index (Phi) is 7.20. The smallest absolute Gasteiger partial charge is 0.326 e. The van der Waals surface area contributed by atoms with Gasteiger partial charge in [-0.2, -0.15) is 0 Å². The molecular weight excluding hydrogens is 444 g/mol. The SMILES string of the molecule is COc1cc(-c2cccc(N(CC(=O)OC(C)(C)C)C(=O)c3c(F)cccc3F)c2)ccc1O. The summed E-state index contributed by atoms with van der Waals surface area (Å²) in [6.45, 7) is 4.46. The maximum Gasteiger partial charge on any atom is 0.326 e. The number of amides is 1. The van der Waals surface area contributed by atoms with Crippen LogP contribution in [0.1, 0.15) is 31.1 Å². The lowest BCUT2D eigenvalue weighted by Crippen LogP contribution is -2.39. The summed E-state index contributed by atoms with van der Waals surface area (Å²) in [5.41, 5.74) is -0.102. The monoisotopic (exact) mass is 469 g/mol. The summed E-state index contributed by atoms with van der Waals surface area (Å²) in [6, 6.07) is 14.3. The van der Waals surface area contributed by atoms with E-state index in [4.69, 9.17) is 9.47 Å². The molecule has 1 N–H and O–H groups in total. The Hall–Kier alpha value is -3.94. The predicted molar refractivity (Wildman–Crippen MR) is 124 cm³/mol. The average Bonchev–Trinajstić information content (AvgIpc) is 2.76. The Labute approximate surface area is 196 Å². The van der Waals surface area contributed by atoms with E-state index in [1.54, 1.807) is 57.2 Å². The van der Waals surface area contributed by atoms with Crippen molar-refractivity contribution in [3.8, 4) is 22.6 Å². The minimum atomic E-state index is -1.04.